The number of aryl methyl sites for hydroxylation is 1. The molecule has 2 heterocycles. The van der Waals surface area contributed by atoms with E-state index in [-0.39, 0.29) is 0 Å². The van der Waals surface area contributed by atoms with Crippen molar-refractivity contribution in [3.05, 3.63) is 29.9 Å². The number of pyridine rings is 1. The van der Waals surface area contributed by atoms with E-state index in [1.54, 1.807) is 6.20 Å². The lowest BCUT2D eigenvalue weighted by molar-refractivity contribution is 0.335. The summed E-state index contributed by atoms with van der Waals surface area (Å²) >= 11 is 0. The van der Waals surface area contributed by atoms with E-state index in [9.17, 15) is 0 Å². The second kappa shape index (κ2) is 6.61. The van der Waals surface area contributed by atoms with Crippen molar-refractivity contribution in [3.8, 4) is 11.4 Å². The summed E-state index contributed by atoms with van der Waals surface area (Å²) in [4.78, 5) is 8.65. The van der Waals surface area contributed by atoms with Crippen LogP contribution in [0.4, 0.5) is 0 Å². The molecule has 1 unspecified atom stereocenters. The molecule has 0 saturated heterocycles. The average molecular weight is 274 g/mol. The van der Waals surface area contributed by atoms with E-state index in [0.29, 0.717) is 23.7 Å². The van der Waals surface area contributed by atoms with E-state index in [1.807, 2.05) is 19.3 Å². The zero-order valence-corrected chi connectivity index (χ0v) is 12.6. The van der Waals surface area contributed by atoms with Crippen LogP contribution < -0.4 is 5.32 Å². The van der Waals surface area contributed by atoms with Gasteiger partial charge in [-0.2, -0.15) is 4.98 Å². The number of hydrogen-bond donors (Lipinski definition) is 1. The Labute approximate surface area is 119 Å². The van der Waals surface area contributed by atoms with Crippen LogP contribution in [0.1, 0.15) is 32.2 Å². The summed E-state index contributed by atoms with van der Waals surface area (Å²) in [5.74, 6) is 1.84. The van der Waals surface area contributed by atoms with E-state index in [1.165, 1.54) is 0 Å². The molecule has 108 valence electrons. The van der Waals surface area contributed by atoms with Crippen molar-refractivity contribution < 1.29 is 4.52 Å². The summed E-state index contributed by atoms with van der Waals surface area (Å²) in [6.45, 7) is 6.45. The molecule has 0 aliphatic heterocycles. The van der Waals surface area contributed by atoms with Gasteiger partial charge in [0.1, 0.15) is 0 Å². The van der Waals surface area contributed by atoms with Crippen molar-refractivity contribution in [2.75, 3.05) is 7.05 Å². The third kappa shape index (κ3) is 3.22. The average Bonchev–Trinajstić information content (AvgIpc) is 2.92. The molecule has 5 nitrogen and oxygen atoms in total. The Balaban J connectivity index is 2.20. The molecule has 5 heteroatoms. The van der Waals surface area contributed by atoms with Crippen LogP contribution in [0.25, 0.3) is 11.4 Å². The molecule has 0 bridgehead atoms. The number of nitrogens with zero attached hydrogens (tertiary/aromatic N) is 3. The number of likely N-dealkylation sites (N-methyl/N-ethyl adjacent to an activating group) is 1. The maximum absolute atomic E-state index is 5.38. The van der Waals surface area contributed by atoms with Gasteiger partial charge in [0.25, 0.3) is 0 Å². The molecule has 2 rings (SSSR count). The Kier molecular flexibility index (Phi) is 4.84. The van der Waals surface area contributed by atoms with Crippen LogP contribution in [-0.4, -0.2) is 28.2 Å². The largest absolute Gasteiger partial charge is 0.339 e. The minimum Gasteiger partial charge on any atom is -0.339 e. The number of aromatic nitrogens is 3. The summed E-state index contributed by atoms with van der Waals surface area (Å²) in [6.07, 6.45) is 5.26. The minimum absolute atomic E-state index is 0.339. The predicted molar refractivity (Wildman–Crippen MR) is 78.3 cm³/mol. The van der Waals surface area contributed by atoms with Crippen LogP contribution in [-0.2, 0) is 12.8 Å². The highest BCUT2D eigenvalue weighted by Crippen LogP contribution is 2.21. The summed E-state index contributed by atoms with van der Waals surface area (Å²) < 4.78 is 5.38. The maximum Gasteiger partial charge on any atom is 0.228 e. The van der Waals surface area contributed by atoms with Gasteiger partial charge in [-0.3, -0.25) is 4.98 Å². The van der Waals surface area contributed by atoms with E-state index >= 15 is 0 Å². The third-order valence-corrected chi connectivity index (χ3v) is 3.56. The fraction of sp³-hybridized carbons (Fsp3) is 0.533. The summed E-state index contributed by atoms with van der Waals surface area (Å²) in [6, 6.07) is 2.28. The monoisotopic (exact) mass is 274 g/mol. The lowest BCUT2D eigenvalue weighted by Crippen LogP contribution is -2.32. The van der Waals surface area contributed by atoms with Gasteiger partial charge in [-0.25, -0.2) is 0 Å². The topological polar surface area (TPSA) is 63.8 Å². The first-order valence-corrected chi connectivity index (χ1v) is 7.08. The lowest BCUT2D eigenvalue weighted by Gasteiger charge is -2.17. The van der Waals surface area contributed by atoms with Gasteiger partial charge in [0.15, 0.2) is 0 Å². The van der Waals surface area contributed by atoms with Crippen LogP contribution in [0.3, 0.4) is 0 Å². The second-order valence-electron chi connectivity index (χ2n) is 5.24. The molecule has 0 spiro atoms. The molecule has 0 radical (unpaired) electrons. The molecule has 1 N–H and O–H groups in total. The number of rotatable bonds is 6. The highest BCUT2D eigenvalue weighted by Gasteiger charge is 2.17. The molecule has 0 aromatic carbocycles. The first-order valence-electron chi connectivity index (χ1n) is 7.08. The third-order valence-electron chi connectivity index (χ3n) is 3.56. The van der Waals surface area contributed by atoms with Gasteiger partial charge in [0.05, 0.1) is 0 Å². The van der Waals surface area contributed by atoms with Gasteiger partial charge >= 0.3 is 0 Å². The highest BCUT2D eigenvalue weighted by molar-refractivity contribution is 5.58. The Morgan fingerprint density at radius 2 is 2.15 bits per heavy atom. The molecule has 2 aromatic heterocycles. The molecular weight excluding hydrogens is 252 g/mol. The first-order chi connectivity index (χ1) is 9.65. The number of nitrogens with one attached hydrogen (secondary N) is 1. The van der Waals surface area contributed by atoms with E-state index in [4.69, 9.17) is 4.52 Å². The molecule has 0 fully saturated rings. The second-order valence-corrected chi connectivity index (χ2v) is 5.24. The molecule has 0 saturated carbocycles. The lowest BCUT2D eigenvalue weighted by atomic mass is 10.0. The van der Waals surface area contributed by atoms with E-state index in [0.717, 1.165) is 24.0 Å². The Morgan fingerprint density at radius 3 is 2.80 bits per heavy atom. The summed E-state index contributed by atoms with van der Waals surface area (Å²) in [5, 5.41) is 7.38. The highest BCUT2D eigenvalue weighted by atomic mass is 16.5. The first kappa shape index (κ1) is 14.7. The van der Waals surface area contributed by atoms with Crippen molar-refractivity contribution in [1.29, 1.82) is 0 Å². The van der Waals surface area contributed by atoms with Crippen molar-refractivity contribution in [1.82, 2.24) is 20.4 Å². The van der Waals surface area contributed by atoms with Gasteiger partial charge in [-0.1, -0.05) is 25.9 Å². The molecule has 0 aliphatic rings. The van der Waals surface area contributed by atoms with Crippen LogP contribution >= 0.6 is 0 Å². The van der Waals surface area contributed by atoms with Crippen LogP contribution in [0, 0.1) is 5.92 Å². The van der Waals surface area contributed by atoms with Crippen molar-refractivity contribution in [2.24, 2.45) is 5.92 Å². The van der Waals surface area contributed by atoms with E-state index < -0.39 is 0 Å². The smallest absolute Gasteiger partial charge is 0.228 e. The number of hydrogen-bond acceptors (Lipinski definition) is 5. The fourth-order valence-electron chi connectivity index (χ4n) is 2.23. The van der Waals surface area contributed by atoms with Crippen LogP contribution in [0.15, 0.2) is 23.0 Å². The molecule has 0 aliphatic carbocycles. The maximum atomic E-state index is 5.38. The van der Waals surface area contributed by atoms with Gasteiger partial charge in [0.2, 0.25) is 11.7 Å². The minimum atomic E-state index is 0.339. The Morgan fingerprint density at radius 1 is 1.35 bits per heavy atom. The Hall–Kier alpha value is -1.75. The van der Waals surface area contributed by atoms with Crippen molar-refractivity contribution >= 4 is 0 Å². The Bertz CT molecular complexity index is 550. The van der Waals surface area contributed by atoms with Crippen LogP contribution in [0.2, 0.25) is 0 Å². The summed E-state index contributed by atoms with van der Waals surface area (Å²) in [7, 11) is 1.96. The van der Waals surface area contributed by atoms with Crippen molar-refractivity contribution in [2.45, 2.75) is 39.7 Å². The van der Waals surface area contributed by atoms with Gasteiger partial charge in [-0.15, -0.1) is 0 Å². The molecule has 0 amide bonds. The zero-order chi connectivity index (χ0) is 14.5. The zero-order valence-electron chi connectivity index (χ0n) is 12.6. The SMILES string of the molecule is CCc1cnccc1-c1noc(CC(NC)C(C)C)n1. The quantitative estimate of drug-likeness (QED) is 0.876. The molecule has 2 aromatic rings. The fourth-order valence-corrected chi connectivity index (χ4v) is 2.23. The summed E-state index contributed by atoms with van der Waals surface area (Å²) in [5.41, 5.74) is 2.14. The molecule has 20 heavy (non-hydrogen) atoms. The van der Waals surface area contributed by atoms with E-state index in [2.05, 4.69) is 41.2 Å². The van der Waals surface area contributed by atoms with Gasteiger partial charge in [0, 0.05) is 30.4 Å². The molecule has 1 atom stereocenters. The van der Waals surface area contributed by atoms with Crippen LogP contribution in [0.5, 0.6) is 0 Å². The van der Waals surface area contributed by atoms with Gasteiger partial charge in [-0.05, 0) is 31.0 Å². The standard InChI is InChI=1S/C15H22N4O/c1-5-11-9-17-7-6-12(11)15-18-14(20-19-15)8-13(16-4)10(2)3/h6-7,9-10,13,16H,5,8H2,1-4H3. The van der Waals surface area contributed by atoms with Crippen molar-refractivity contribution in [3.63, 3.8) is 0 Å². The normalized spacial score (nSPS) is 12.8. The van der Waals surface area contributed by atoms with Gasteiger partial charge < -0.3 is 9.84 Å². The predicted octanol–water partition coefficient (Wildman–Crippen LogP) is 2.48. The molecular formula is C15H22N4O.